The zero-order valence-electron chi connectivity index (χ0n) is 20.8. The first kappa shape index (κ1) is 25.2. The van der Waals surface area contributed by atoms with Gasteiger partial charge in [0.05, 0.1) is 23.0 Å². The Morgan fingerprint density at radius 2 is 2.05 bits per heavy atom. The van der Waals surface area contributed by atoms with E-state index < -0.39 is 23.6 Å². The van der Waals surface area contributed by atoms with Crippen LogP contribution in [0.25, 0.3) is 11.7 Å². The van der Waals surface area contributed by atoms with Crippen LogP contribution in [0.3, 0.4) is 0 Å². The molecule has 38 heavy (non-hydrogen) atoms. The predicted octanol–water partition coefficient (Wildman–Crippen LogP) is 2.28. The minimum Gasteiger partial charge on any atom is -0.483 e. The fraction of sp³-hybridized carbons (Fsp3) is 0.346. The number of piperidine rings is 1. The van der Waals surface area contributed by atoms with Gasteiger partial charge in [0.25, 0.3) is 11.8 Å². The average molecular weight is 523 g/mol. The highest BCUT2D eigenvalue weighted by Gasteiger charge is 2.33. The Kier molecular flexibility index (Phi) is 6.95. The van der Waals surface area contributed by atoms with Crippen LogP contribution in [-0.4, -0.2) is 75.7 Å². The number of carboxylic acid groups (broad SMARTS) is 1. The number of aromatic nitrogens is 3. The van der Waals surface area contributed by atoms with Gasteiger partial charge in [-0.25, -0.2) is 14.2 Å². The molecule has 0 aliphatic carbocycles. The number of aliphatic carboxylic acids is 1. The van der Waals surface area contributed by atoms with Gasteiger partial charge in [-0.15, -0.1) is 0 Å². The molecule has 2 N–H and O–H groups in total. The van der Waals surface area contributed by atoms with Crippen molar-refractivity contribution in [2.45, 2.75) is 25.3 Å². The monoisotopic (exact) mass is 522 g/mol. The maximum atomic E-state index is 14.2. The first-order valence-electron chi connectivity index (χ1n) is 12.3. The van der Waals surface area contributed by atoms with Crippen LogP contribution in [0.15, 0.2) is 36.4 Å². The van der Waals surface area contributed by atoms with Crippen molar-refractivity contribution in [3.8, 4) is 5.75 Å². The molecule has 11 nitrogen and oxygen atoms in total. The van der Waals surface area contributed by atoms with E-state index in [1.54, 1.807) is 21.5 Å². The Labute approximate surface area is 217 Å². The number of nitrogens with one attached hydrogen (secondary N) is 1. The zero-order chi connectivity index (χ0) is 26.8. The summed E-state index contributed by atoms with van der Waals surface area (Å²) in [7, 11) is 1.83. The molecule has 0 radical (unpaired) electrons. The average Bonchev–Trinajstić information content (AvgIpc) is 3.33. The Hall–Kier alpha value is -4.48. The first-order valence-corrected chi connectivity index (χ1v) is 12.3. The molecule has 1 atom stereocenters. The van der Waals surface area contributed by atoms with E-state index >= 15 is 0 Å². The molecule has 0 saturated carbocycles. The van der Waals surface area contributed by atoms with Gasteiger partial charge in [-0.3, -0.25) is 9.59 Å². The topological polar surface area (TPSA) is 129 Å². The molecule has 2 bridgehead atoms. The van der Waals surface area contributed by atoms with Crippen molar-refractivity contribution in [1.29, 1.82) is 0 Å². The lowest BCUT2D eigenvalue weighted by atomic mass is 9.98. The summed E-state index contributed by atoms with van der Waals surface area (Å²) in [5.41, 5.74) is 1.57. The number of fused-ring (bicyclic) bond motifs is 4. The van der Waals surface area contributed by atoms with Gasteiger partial charge < -0.3 is 25.0 Å². The van der Waals surface area contributed by atoms with Crippen molar-refractivity contribution in [2.24, 2.45) is 0 Å². The largest absolute Gasteiger partial charge is 0.483 e. The third-order valence-corrected chi connectivity index (χ3v) is 6.64. The molecule has 2 aliphatic heterocycles. The number of likely N-dealkylation sites (N-methyl/N-ethyl adjacent to an activating group) is 1. The van der Waals surface area contributed by atoms with Crippen molar-refractivity contribution in [3.05, 3.63) is 59.2 Å². The van der Waals surface area contributed by atoms with Crippen molar-refractivity contribution < 1.29 is 28.6 Å². The Morgan fingerprint density at radius 3 is 2.87 bits per heavy atom. The highest BCUT2D eigenvalue weighted by molar-refractivity contribution is 5.97. The molecular weight excluding hydrogens is 495 g/mol. The van der Waals surface area contributed by atoms with E-state index in [9.17, 15) is 18.8 Å². The number of carboxylic acids is 1. The molecule has 3 aromatic rings. The van der Waals surface area contributed by atoms with Crippen molar-refractivity contribution in [3.63, 3.8) is 0 Å². The summed E-state index contributed by atoms with van der Waals surface area (Å²) in [4.78, 5) is 45.4. The number of benzene rings is 1. The lowest BCUT2D eigenvalue weighted by Gasteiger charge is -2.35. The number of carbonyl (C=O) groups is 3. The molecule has 2 aliphatic rings. The molecule has 1 fully saturated rings. The second-order valence-corrected chi connectivity index (χ2v) is 9.26. The fourth-order valence-electron chi connectivity index (χ4n) is 4.78. The van der Waals surface area contributed by atoms with Gasteiger partial charge in [0, 0.05) is 44.9 Å². The summed E-state index contributed by atoms with van der Waals surface area (Å²) in [6.45, 7) is 0.810. The highest BCUT2D eigenvalue weighted by Crippen LogP contribution is 2.34. The van der Waals surface area contributed by atoms with E-state index in [-0.39, 0.29) is 30.5 Å². The number of rotatable bonds is 2. The quantitative estimate of drug-likeness (QED) is 0.491. The molecule has 12 heteroatoms. The van der Waals surface area contributed by atoms with Gasteiger partial charge in [0.2, 0.25) is 0 Å². The molecule has 2 aromatic heterocycles. The van der Waals surface area contributed by atoms with Crippen molar-refractivity contribution in [2.75, 3.05) is 38.2 Å². The summed E-state index contributed by atoms with van der Waals surface area (Å²) in [5, 5.41) is 16.6. The fourth-order valence-corrected chi connectivity index (χ4v) is 4.78. The zero-order valence-corrected chi connectivity index (χ0v) is 20.8. The minimum absolute atomic E-state index is 0.0419. The molecular formula is C26H27FN6O5. The third kappa shape index (κ3) is 5.15. The number of hydrogen-bond donors (Lipinski definition) is 2. The van der Waals surface area contributed by atoms with Gasteiger partial charge >= 0.3 is 5.97 Å². The number of halogens is 1. The van der Waals surface area contributed by atoms with Gasteiger partial charge in [-0.2, -0.15) is 9.61 Å². The van der Waals surface area contributed by atoms with Crippen molar-refractivity contribution in [1.82, 2.24) is 24.8 Å². The summed E-state index contributed by atoms with van der Waals surface area (Å²) in [6, 6.07) is 6.79. The van der Waals surface area contributed by atoms with Crippen LogP contribution in [0, 0.1) is 5.82 Å². The van der Waals surface area contributed by atoms with Gasteiger partial charge in [-0.1, -0.05) is 0 Å². The summed E-state index contributed by atoms with van der Waals surface area (Å²) in [5.74, 6) is -1.72. The molecule has 1 aromatic carbocycles. The van der Waals surface area contributed by atoms with E-state index in [4.69, 9.17) is 14.9 Å². The molecule has 0 spiro atoms. The summed E-state index contributed by atoms with van der Waals surface area (Å²) < 4.78 is 21.5. The number of nitrogens with zero attached hydrogens (tertiary/aromatic N) is 5. The maximum absolute atomic E-state index is 14.2. The van der Waals surface area contributed by atoms with Gasteiger partial charge in [0.1, 0.15) is 17.4 Å². The van der Waals surface area contributed by atoms with Crippen LogP contribution < -0.4 is 15.0 Å². The molecule has 198 valence electrons. The lowest BCUT2D eigenvalue weighted by Crippen LogP contribution is -2.39. The van der Waals surface area contributed by atoms with Crippen LogP contribution >= 0.6 is 0 Å². The number of carbonyl (C=O) groups excluding carboxylic acids is 2. The summed E-state index contributed by atoms with van der Waals surface area (Å²) in [6.07, 6.45) is 4.71. The van der Waals surface area contributed by atoms with Crippen LogP contribution in [0.1, 0.15) is 47.1 Å². The molecule has 1 saturated heterocycles. The first-order chi connectivity index (χ1) is 18.3. The lowest BCUT2D eigenvalue weighted by molar-refractivity contribution is -0.131. The number of amides is 2. The van der Waals surface area contributed by atoms with Crippen LogP contribution in [0.4, 0.5) is 10.2 Å². The second kappa shape index (κ2) is 10.5. The van der Waals surface area contributed by atoms with Crippen LogP contribution in [-0.2, 0) is 9.59 Å². The minimum atomic E-state index is -1.10. The molecule has 5 rings (SSSR count). The van der Waals surface area contributed by atoms with E-state index in [0.29, 0.717) is 42.4 Å². The molecule has 4 heterocycles. The number of hydrogen-bond acceptors (Lipinski definition) is 7. The number of anilines is 1. The Bertz CT molecular complexity index is 1440. The second-order valence-electron chi connectivity index (χ2n) is 9.26. The van der Waals surface area contributed by atoms with E-state index in [0.717, 1.165) is 25.0 Å². The standard InChI is InChI=1S/C26H27FN6O5/c1-31-11-9-28-23(34)15-38-21-7-5-16(27)12-18(21)26(37)32-10-3-2-4-20(32)19-14-22-29-17(6-8-25(35)36)13-24(31)33(22)30-19/h5-8,12-14,20H,2-4,9-11,15H2,1H3,(H,28,34)(H,35,36)/b8-6+/t20-/m0/s1. The smallest absolute Gasteiger partial charge is 0.328 e. The van der Waals surface area contributed by atoms with E-state index in [1.165, 1.54) is 18.2 Å². The Balaban J connectivity index is 1.64. The Morgan fingerprint density at radius 1 is 1.21 bits per heavy atom. The molecule has 0 unspecified atom stereocenters. The SMILES string of the molecule is CN1CCNC(=O)COc2ccc(F)cc2C(=O)N2CCCC[C@H]2c2cc3nc(/C=C/C(=O)O)cc1n3n2. The number of ether oxygens (including phenoxy) is 1. The van der Waals surface area contributed by atoms with E-state index in [1.807, 2.05) is 11.9 Å². The normalized spacial score (nSPS) is 18.8. The summed E-state index contributed by atoms with van der Waals surface area (Å²) >= 11 is 0. The van der Waals surface area contributed by atoms with Gasteiger partial charge in [0.15, 0.2) is 12.3 Å². The predicted molar refractivity (Wildman–Crippen MR) is 135 cm³/mol. The van der Waals surface area contributed by atoms with Gasteiger partial charge in [-0.05, 0) is 43.5 Å². The van der Waals surface area contributed by atoms with Crippen molar-refractivity contribution >= 4 is 35.3 Å². The van der Waals surface area contributed by atoms with E-state index in [2.05, 4.69) is 10.3 Å². The maximum Gasteiger partial charge on any atom is 0.328 e. The van der Waals surface area contributed by atoms with Crippen LogP contribution in [0.5, 0.6) is 5.75 Å². The molecule has 2 amide bonds. The highest BCUT2D eigenvalue weighted by atomic mass is 19.1. The van der Waals surface area contributed by atoms with Crippen LogP contribution in [0.2, 0.25) is 0 Å². The third-order valence-electron chi connectivity index (χ3n) is 6.64.